The molecule has 0 saturated carbocycles. The second-order valence-electron chi connectivity index (χ2n) is 4.07. The quantitative estimate of drug-likeness (QED) is 0.476. The predicted molar refractivity (Wildman–Crippen MR) is 70.8 cm³/mol. The Hall–Kier alpha value is -1.59. The van der Waals surface area contributed by atoms with Crippen molar-refractivity contribution in [3.05, 3.63) is 20.8 Å². The van der Waals surface area contributed by atoms with Crippen LogP contribution < -0.4 is 17.0 Å². The van der Waals surface area contributed by atoms with Gasteiger partial charge in [-0.2, -0.15) is 0 Å². The Bertz CT molecular complexity index is 752. The second-order valence-corrected chi connectivity index (χ2v) is 4.07. The van der Waals surface area contributed by atoms with Crippen molar-refractivity contribution in [2.24, 2.45) is 14.1 Å². The summed E-state index contributed by atoms with van der Waals surface area (Å²) in [6.45, 7) is 0. The number of nitrogens with zero attached hydrogens (tertiary/aromatic N) is 4. The molecule has 18 heavy (non-hydrogen) atoms. The van der Waals surface area contributed by atoms with Crippen LogP contribution in [0, 0.1) is 0 Å². The van der Waals surface area contributed by atoms with Gasteiger partial charge >= 0.3 is 5.69 Å². The summed E-state index contributed by atoms with van der Waals surface area (Å²) in [6.07, 6.45) is 0. The summed E-state index contributed by atoms with van der Waals surface area (Å²) in [4.78, 5) is 27.8. The minimum atomic E-state index is -1.98. The van der Waals surface area contributed by atoms with Crippen molar-refractivity contribution in [2.45, 2.75) is 5.24 Å². The highest BCUT2D eigenvalue weighted by molar-refractivity contribution is 6.56. The van der Waals surface area contributed by atoms with Gasteiger partial charge < -0.3 is 4.57 Å². The average molecular weight is 233 g/mol. The summed E-state index contributed by atoms with van der Waals surface area (Å²) in [5.41, 5.74) is -1.22. The topological polar surface area (TPSA) is 61.8 Å². The summed E-state index contributed by atoms with van der Waals surface area (Å²) in [5.74, 6) is 0. The number of hydrogen-bond donors (Lipinski definition) is 0. The van der Waals surface area contributed by atoms with Gasteiger partial charge in [0.05, 0.1) is 29.3 Å². The molecule has 0 fully saturated rings. The van der Waals surface area contributed by atoms with Crippen molar-refractivity contribution in [1.82, 2.24) is 18.7 Å². The number of aromatic nitrogens is 4. The second kappa shape index (κ2) is 3.70. The van der Waals surface area contributed by atoms with E-state index in [1.54, 1.807) is 0 Å². The molecule has 0 aliphatic rings. The Morgan fingerprint density at radius 2 is 1.67 bits per heavy atom. The third-order valence-electron chi connectivity index (χ3n) is 2.70. The molecule has 2 rings (SSSR count). The summed E-state index contributed by atoms with van der Waals surface area (Å²) >= 11 is 0. The van der Waals surface area contributed by atoms with Crippen molar-refractivity contribution in [1.29, 1.82) is 0 Å². The highest BCUT2D eigenvalue weighted by Crippen LogP contribution is 2.08. The van der Waals surface area contributed by atoms with Crippen molar-refractivity contribution >= 4 is 48.3 Å². The first kappa shape index (κ1) is 12.9. The lowest BCUT2D eigenvalue weighted by molar-refractivity contribution is 0.657. The van der Waals surface area contributed by atoms with E-state index in [1.165, 1.54) is 18.7 Å². The van der Waals surface area contributed by atoms with Gasteiger partial charge in [0.2, 0.25) is 0 Å². The van der Waals surface area contributed by atoms with E-state index in [-0.39, 0.29) is 16.9 Å². The molecule has 0 N–H and O–H groups in total. The number of rotatable bonds is 1. The molecule has 0 unspecified atom stereocenters. The molecule has 8 radical (unpaired) electrons. The largest absolute Gasteiger partial charge is 0.335 e. The van der Waals surface area contributed by atoms with E-state index in [9.17, 15) is 9.59 Å². The lowest BCUT2D eigenvalue weighted by Gasteiger charge is -2.24. The first-order valence-corrected chi connectivity index (χ1v) is 4.97. The minimum Gasteiger partial charge on any atom is -0.335 e. The van der Waals surface area contributed by atoms with Gasteiger partial charge in [-0.05, 0) is 0 Å². The van der Waals surface area contributed by atoms with Gasteiger partial charge in [-0.15, -0.1) is 0 Å². The first-order chi connectivity index (χ1) is 8.16. The Morgan fingerprint density at radius 3 is 2.17 bits per heavy atom. The molecule has 0 atom stereocenters. The first-order valence-electron chi connectivity index (χ1n) is 4.97. The maximum absolute atomic E-state index is 12.0. The average Bonchev–Trinajstić information content (AvgIpc) is 2.50. The van der Waals surface area contributed by atoms with E-state index in [4.69, 9.17) is 31.4 Å². The van der Waals surface area contributed by atoms with Crippen molar-refractivity contribution < 1.29 is 0 Å². The molecule has 0 bridgehead atoms. The molecule has 82 valence electrons. The summed E-state index contributed by atoms with van der Waals surface area (Å²) in [6, 6.07) is 0. The molecule has 10 heteroatoms. The zero-order valence-electron chi connectivity index (χ0n) is 9.91. The van der Waals surface area contributed by atoms with Crippen LogP contribution >= 0.6 is 0 Å². The van der Waals surface area contributed by atoms with Crippen LogP contribution in [0.4, 0.5) is 0 Å². The standard InChI is InChI=1S/C8H6B4N4O2/c1-14-3-4(13-6(14)9)16(8(10,11)12)7(18)15(2)5(3)17/h1-2H3. The van der Waals surface area contributed by atoms with E-state index < -0.39 is 16.5 Å². The number of aryl methyl sites for hydroxylation is 1. The normalized spacial score (nSPS) is 12.1. The van der Waals surface area contributed by atoms with E-state index in [0.717, 1.165) is 9.13 Å². The maximum Gasteiger partial charge on any atom is 0.330 e. The zero-order valence-corrected chi connectivity index (χ0v) is 9.91. The van der Waals surface area contributed by atoms with Crippen LogP contribution in [0.1, 0.15) is 0 Å². The Morgan fingerprint density at radius 1 is 1.11 bits per heavy atom. The van der Waals surface area contributed by atoms with Crippen molar-refractivity contribution in [2.75, 3.05) is 0 Å². The highest BCUT2D eigenvalue weighted by atomic mass is 16.2. The molecule has 0 aliphatic carbocycles. The minimum absolute atomic E-state index is 0.0457. The molecule has 0 spiro atoms. The van der Waals surface area contributed by atoms with Gasteiger partial charge in [0.1, 0.15) is 0 Å². The Balaban J connectivity index is 3.18. The molecule has 2 aromatic heterocycles. The molecule has 6 nitrogen and oxygen atoms in total. The maximum atomic E-state index is 12.0. The number of imidazole rings is 1. The van der Waals surface area contributed by atoms with Gasteiger partial charge in [0.15, 0.2) is 19.0 Å². The summed E-state index contributed by atoms with van der Waals surface area (Å²) in [5, 5.41) is -1.98. The lowest BCUT2D eigenvalue weighted by Crippen LogP contribution is -2.49. The molecule has 2 aromatic rings. The van der Waals surface area contributed by atoms with Crippen LogP contribution in [0.3, 0.4) is 0 Å². The van der Waals surface area contributed by atoms with Gasteiger partial charge in [-0.25, -0.2) is 9.78 Å². The van der Waals surface area contributed by atoms with Crippen LogP contribution in [-0.4, -0.2) is 50.1 Å². The fourth-order valence-electron chi connectivity index (χ4n) is 1.73. The molecule has 0 saturated heterocycles. The van der Waals surface area contributed by atoms with Gasteiger partial charge in [0, 0.05) is 14.1 Å². The zero-order chi connectivity index (χ0) is 13.8. The van der Waals surface area contributed by atoms with E-state index in [2.05, 4.69) is 4.98 Å². The molecule has 0 aromatic carbocycles. The fourth-order valence-corrected chi connectivity index (χ4v) is 1.73. The summed E-state index contributed by atoms with van der Waals surface area (Å²) < 4.78 is 2.99. The smallest absolute Gasteiger partial charge is 0.330 e. The van der Waals surface area contributed by atoms with Crippen molar-refractivity contribution in [3.8, 4) is 0 Å². The van der Waals surface area contributed by atoms with E-state index >= 15 is 0 Å². The van der Waals surface area contributed by atoms with Crippen LogP contribution in [0.2, 0.25) is 0 Å². The molecule has 2 heterocycles. The molecular weight excluding hydrogens is 227 g/mol. The Kier molecular flexibility index (Phi) is 2.64. The highest BCUT2D eigenvalue weighted by Gasteiger charge is 2.23. The monoisotopic (exact) mass is 234 g/mol. The van der Waals surface area contributed by atoms with Crippen LogP contribution in [0.5, 0.6) is 0 Å². The summed E-state index contributed by atoms with van der Waals surface area (Å²) in [7, 11) is 25.0. The molecular formula is C8H6B4N4O2. The van der Waals surface area contributed by atoms with Crippen LogP contribution in [-0.2, 0) is 19.3 Å². The third kappa shape index (κ3) is 1.59. The van der Waals surface area contributed by atoms with Crippen LogP contribution in [0.25, 0.3) is 11.2 Å². The molecule has 0 aliphatic heterocycles. The van der Waals surface area contributed by atoms with E-state index in [1.807, 2.05) is 0 Å². The third-order valence-corrected chi connectivity index (χ3v) is 2.70. The van der Waals surface area contributed by atoms with Gasteiger partial charge in [-0.3, -0.25) is 13.9 Å². The van der Waals surface area contributed by atoms with Crippen LogP contribution in [0.15, 0.2) is 9.59 Å². The van der Waals surface area contributed by atoms with E-state index in [0.29, 0.717) is 0 Å². The predicted octanol–water partition coefficient (Wildman–Crippen LogP) is -3.70. The van der Waals surface area contributed by atoms with Gasteiger partial charge in [0.25, 0.3) is 5.56 Å². The molecule has 0 amide bonds. The lowest BCUT2D eigenvalue weighted by atomic mass is 9.49. The van der Waals surface area contributed by atoms with Crippen molar-refractivity contribution in [3.63, 3.8) is 0 Å². The SMILES string of the molecule is [B]c1nc2c(c(=O)n(C)c(=O)n2C([B])([B])[B])n1C. The Labute approximate surface area is 108 Å². The van der Waals surface area contributed by atoms with Gasteiger partial charge in [-0.1, -0.05) is 5.24 Å². The fraction of sp³-hybridized carbons (Fsp3) is 0.375. The number of hydrogen-bond acceptors (Lipinski definition) is 3. The number of fused-ring (bicyclic) bond motifs is 1.